The fourth-order valence-corrected chi connectivity index (χ4v) is 3.29. The van der Waals surface area contributed by atoms with Gasteiger partial charge in [-0.1, -0.05) is 24.3 Å². The van der Waals surface area contributed by atoms with Gasteiger partial charge < -0.3 is 24.7 Å². The van der Waals surface area contributed by atoms with Crippen molar-refractivity contribution in [2.24, 2.45) is 0 Å². The number of hydrogen-bond donors (Lipinski definition) is 4. The molecule has 0 fully saturated rings. The molecule has 0 aliphatic rings. The minimum absolute atomic E-state index is 0.314. The third kappa shape index (κ3) is 4.86. The second-order valence-electron chi connectivity index (χ2n) is 6.47. The van der Waals surface area contributed by atoms with Crippen LogP contribution in [0.1, 0.15) is 34.7 Å². The van der Waals surface area contributed by atoms with Crippen molar-refractivity contribution >= 4 is 12.6 Å². The minimum atomic E-state index is -0.723. The van der Waals surface area contributed by atoms with Gasteiger partial charge in [0.15, 0.2) is 5.16 Å². The summed E-state index contributed by atoms with van der Waals surface area (Å²) >= 11 is 4.28. The van der Waals surface area contributed by atoms with Crippen molar-refractivity contribution in [3.63, 3.8) is 0 Å². The van der Waals surface area contributed by atoms with Crippen molar-refractivity contribution in [3.05, 3.63) is 71.0 Å². The highest BCUT2D eigenvalue weighted by Crippen LogP contribution is 2.26. The van der Waals surface area contributed by atoms with E-state index in [1.807, 2.05) is 48.5 Å². The first-order valence-electron chi connectivity index (χ1n) is 8.91. The molecule has 1 aromatic heterocycles. The quantitative estimate of drug-likeness (QED) is 0.436. The Labute approximate surface area is 169 Å². The lowest BCUT2D eigenvalue weighted by molar-refractivity contribution is 0.170. The van der Waals surface area contributed by atoms with Gasteiger partial charge in [-0.2, -0.15) is 0 Å². The van der Waals surface area contributed by atoms with Crippen LogP contribution in [0.3, 0.4) is 0 Å². The van der Waals surface area contributed by atoms with E-state index in [2.05, 4.69) is 22.6 Å². The number of hydrogen-bond acceptors (Lipinski definition) is 6. The van der Waals surface area contributed by atoms with E-state index in [9.17, 15) is 10.2 Å². The van der Waals surface area contributed by atoms with E-state index >= 15 is 0 Å². The highest BCUT2D eigenvalue weighted by atomic mass is 32.1. The van der Waals surface area contributed by atoms with Crippen molar-refractivity contribution in [3.8, 4) is 11.5 Å². The second kappa shape index (κ2) is 9.14. The van der Waals surface area contributed by atoms with Crippen molar-refractivity contribution in [1.82, 2.24) is 9.97 Å². The first-order valence-corrected chi connectivity index (χ1v) is 9.35. The molecular weight excluding hydrogens is 376 g/mol. The van der Waals surface area contributed by atoms with E-state index < -0.39 is 12.2 Å². The largest absolute Gasteiger partial charge is 0.497 e. The van der Waals surface area contributed by atoms with Crippen LogP contribution in [0.25, 0.3) is 0 Å². The molecule has 28 heavy (non-hydrogen) atoms. The Morgan fingerprint density at radius 1 is 0.857 bits per heavy atom. The number of nitrogens with zero attached hydrogens (tertiary/aromatic N) is 1. The zero-order chi connectivity index (χ0) is 20.1. The molecule has 0 spiro atoms. The molecular formula is C21H24N2O4S. The molecule has 0 aliphatic carbocycles. The van der Waals surface area contributed by atoms with Crippen LogP contribution in [0.5, 0.6) is 11.5 Å². The summed E-state index contributed by atoms with van der Waals surface area (Å²) in [6.45, 7) is 0. The summed E-state index contributed by atoms with van der Waals surface area (Å²) in [5.41, 5.74) is 2.98. The molecule has 2 aromatic carbocycles. The van der Waals surface area contributed by atoms with E-state index in [1.165, 1.54) is 0 Å². The average Bonchev–Trinajstić information content (AvgIpc) is 3.06. The van der Waals surface area contributed by atoms with E-state index in [0.29, 0.717) is 23.7 Å². The number of aliphatic hydroxyl groups excluding tert-OH is 2. The molecule has 3 aromatic rings. The Morgan fingerprint density at radius 3 is 1.79 bits per heavy atom. The number of H-pyrrole nitrogens is 1. The number of aliphatic hydroxyl groups is 2. The van der Waals surface area contributed by atoms with Crippen molar-refractivity contribution in [2.45, 2.75) is 30.2 Å². The molecule has 2 unspecified atom stereocenters. The van der Waals surface area contributed by atoms with Crippen LogP contribution in [0.2, 0.25) is 0 Å². The van der Waals surface area contributed by atoms with Gasteiger partial charge in [0, 0.05) is 18.5 Å². The van der Waals surface area contributed by atoms with Gasteiger partial charge in [0.1, 0.15) is 11.5 Å². The third-order valence-corrected chi connectivity index (χ3v) is 4.85. The van der Waals surface area contributed by atoms with Gasteiger partial charge in [0.05, 0.1) is 32.1 Å². The Balaban J connectivity index is 1.72. The summed E-state index contributed by atoms with van der Waals surface area (Å²) in [7, 11) is 3.20. The molecule has 3 N–H and O–H groups in total. The maximum Gasteiger partial charge on any atom is 0.162 e. The zero-order valence-corrected chi connectivity index (χ0v) is 16.7. The van der Waals surface area contributed by atoms with Crippen LogP contribution in [-0.2, 0) is 12.8 Å². The topological polar surface area (TPSA) is 87.6 Å². The van der Waals surface area contributed by atoms with Gasteiger partial charge in [-0.15, -0.1) is 12.6 Å². The number of methoxy groups -OCH3 is 2. The van der Waals surface area contributed by atoms with Gasteiger partial charge in [0.2, 0.25) is 0 Å². The van der Waals surface area contributed by atoms with Crippen LogP contribution in [0.4, 0.5) is 0 Å². The summed E-state index contributed by atoms with van der Waals surface area (Å²) < 4.78 is 10.3. The number of aromatic amines is 1. The average molecular weight is 401 g/mol. The molecule has 3 rings (SSSR count). The lowest BCUT2D eigenvalue weighted by Crippen LogP contribution is -2.08. The molecule has 0 aliphatic heterocycles. The normalized spacial score (nSPS) is 13.2. The predicted octanol–water partition coefficient (Wildman–Crippen LogP) is 3.27. The molecule has 2 atom stereocenters. The summed E-state index contributed by atoms with van der Waals surface area (Å²) in [5, 5.41) is 21.6. The van der Waals surface area contributed by atoms with Gasteiger partial charge in [0.25, 0.3) is 0 Å². The maximum absolute atomic E-state index is 10.6. The standard InChI is InChI=1S/C21H24N2O4S/c1-26-15-7-3-13(4-8-15)19(24)11-17-18(23-21(28)22-17)12-20(25)14-5-9-16(27-2)10-6-14/h3-10,19-20,24-25H,11-12H2,1-2H3,(H2,22,23,28). The van der Waals surface area contributed by atoms with Gasteiger partial charge >= 0.3 is 0 Å². The van der Waals surface area contributed by atoms with Crippen LogP contribution < -0.4 is 9.47 Å². The summed E-state index contributed by atoms with van der Waals surface area (Å²) in [4.78, 5) is 7.46. The smallest absolute Gasteiger partial charge is 0.162 e. The van der Waals surface area contributed by atoms with E-state index in [4.69, 9.17) is 9.47 Å². The monoisotopic (exact) mass is 400 g/mol. The van der Waals surface area contributed by atoms with Crippen LogP contribution in [0, 0.1) is 0 Å². The predicted molar refractivity (Wildman–Crippen MR) is 109 cm³/mol. The SMILES string of the molecule is COc1ccc(C(O)Cc2nc(S)[nH]c2CC(O)c2ccc(OC)cc2)cc1. The molecule has 7 heteroatoms. The molecule has 0 saturated carbocycles. The lowest BCUT2D eigenvalue weighted by Gasteiger charge is -2.14. The van der Waals surface area contributed by atoms with Gasteiger partial charge in [-0.3, -0.25) is 0 Å². The Hall–Kier alpha value is -2.48. The number of aromatic nitrogens is 2. The van der Waals surface area contributed by atoms with Crippen LogP contribution in [0.15, 0.2) is 53.7 Å². The fourth-order valence-electron chi connectivity index (χ4n) is 3.03. The highest BCUT2D eigenvalue weighted by molar-refractivity contribution is 7.80. The fraction of sp³-hybridized carbons (Fsp3) is 0.286. The molecule has 0 amide bonds. The molecule has 0 radical (unpaired) electrons. The molecule has 0 bridgehead atoms. The Kier molecular flexibility index (Phi) is 6.61. The summed E-state index contributed by atoms with van der Waals surface area (Å²) in [6, 6.07) is 14.5. The van der Waals surface area contributed by atoms with Crippen molar-refractivity contribution in [1.29, 1.82) is 0 Å². The van der Waals surface area contributed by atoms with Crippen molar-refractivity contribution in [2.75, 3.05) is 14.2 Å². The molecule has 0 saturated heterocycles. The first kappa shape index (κ1) is 20.3. The summed E-state index contributed by atoms with van der Waals surface area (Å²) in [5.74, 6) is 1.47. The number of ether oxygens (including phenoxy) is 2. The maximum atomic E-state index is 10.6. The van der Waals surface area contributed by atoms with Crippen LogP contribution >= 0.6 is 12.6 Å². The Bertz CT molecular complexity index is 821. The second-order valence-corrected chi connectivity index (χ2v) is 6.90. The molecule has 148 valence electrons. The van der Waals surface area contributed by atoms with E-state index in [1.54, 1.807) is 14.2 Å². The first-order chi connectivity index (χ1) is 13.5. The van der Waals surface area contributed by atoms with E-state index in [-0.39, 0.29) is 0 Å². The number of nitrogens with one attached hydrogen (secondary N) is 1. The van der Waals surface area contributed by atoms with Crippen LogP contribution in [-0.4, -0.2) is 34.4 Å². The summed E-state index contributed by atoms with van der Waals surface area (Å²) in [6.07, 6.45) is -0.784. The van der Waals surface area contributed by atoms with Gasteiger partial charge in [-0.05, 0) is 35.4 Å². The lowest BCUT2D eigenvalue weighted by atomic mass is 10.00. The number of benzene rings is 2. The third-order valence-electron chi connectivity index (χ3n) is 4.64. The molecule has 1 heterocycles. The van der Waals surface area contributed by atoms with Gasteiger partial charge in [-0.25, -0.2) is 4.98 Å². The number of rotatable bonds is 8. The van der Waals surface area contributed by atoms with E-state index in [0.717, 1.165) is 28.3 Å². The Morgan fingerprint density at radius 2 is 1.32 bits per heavy atom. The molecule has 6 nitrogen and oxygen atoms in total. The highest BCUT2D eigenvalue weighted by Gasteiger charge is 2.18. The number of imidazole rings is 1. The minimum Gasteiger partial charge on any atom is -0.497 e. The number of thiol groups is 1. The zero-order valence-electron chi connectivity index (χ0n) is 15.8. The van der Waals surface area contributed by atoms with Crippen molar-refractivity contribution < 1.29 is 19.7 Å².